The molecule has 0 bridgehead atoms. The second kappa shape index (κ2) is 5.63. The smallest absolute Gasteiger partial charge is 0.314 e. The molecule has 0 aliphatic carbocycles. The standard InChI is InChI=1S/C15H20N2O3/c1-11(16)13(18)17-9-7-15(8-10-17,14(19)20)12-5-3-2-4-6-12/h2-6,11H,7-10,16H2,1H3,(H,19,20). The summed E-state index contributed by atoms with van der Waals surface area (Å²) in [6.07, 6.45) is 0.843. The van der Waals surface area contributed by atoms with Crippen LogP contribution in [-0.2, 0) is 15.0 Å². The Bertz CT molecular complexity index is 491. The topological polar surface area (TPSA) is 83.6 Å². The highest BCUT2D eigenvalue weighted by Gasteiger charge is 2.43. The Hall–Kier alpha value is -1.88. The molecule has 1 amide bonds. The molecule has 1 aromatic rings. The number of aliphatic carboxylic acids is 1. The first-order valence-electron chi connectivity index (χ1n) is 6.81. The van der Waals surface area contributed by atoms with Gasteiger partial charge in [-0.05, 0) is 25.3 Å². The molecule has 0 saturated carbocycles. The van der Waals surface area contributed by atoms with Crippen molar-refractivity contribution < 1.29 is 14.7 Å². The highest BCUT2D eigenvalue weighted by molar-refractivity contribution is 5.84. The van der Waals surface area contributed by atoms with Crippen LogP contribution in [-0.4, -0.2) is 41.0 Å². The maximum absolute atomic E-state index is 11.9. The molecule has 1 heterocycles. The van der Waals surface area contributed by atoms with Crippen molar-refractivity contribution in [2.75, 3.05) is 13.1 Å². The van der Waals surface area contributed by atoms with Gasteiger partial charge in [0.15, 0.2) is 0 Å². The van der Waals surface area contributed by atoms with Crippen LogP contribution in [0.1, 0.15) is 25.3 Å². The summed E-state index contributed by atoms with van der Waals surface area (Å²) >= 11 is 0. The number of rotatable bonds is 3. The van der Waals surface area contributed by atoms with Crippen LogP contribution >= 0.6 is 0 Å². The molecule has 1 unspecified atom stereocenters. The Morgan fingerprint density at radius 3 is 2.25 bits per heavy atom. The second-order valence-corrected chi connectivity index (χ2v) is 5.37. The molecular weight excluding hydrogens is 256 g/mol. The van der Waals surface area contributed by atoms with Crippen molar-refractivity contribution in [1.29, 1.82) is 0 Å². The van der Waals surface area contributed by atoms with Crippen LogP contribution in [0.25, 0.3) is 0 Å². The van der Waals surface area contributed by atoms with Crippen molar-refractivity contribution in [1.82, 2.24) is 4.90 Å². The number of nitrogens with zero attached hydrogens (tertiary/aromatic N) is 1. The van der Waals surface area contributed by atoms with Gasteiger partial charge in [-0.15, -0.1) is 0 Å². The van der Waals surface area contributed by atoms with Gasteiger partial charge in [0.2, 0.25) is 5.91 Å². The van der Waals surface area contributed by atoms with Crippen molar-refractivity contribution >= 4 is 11.9 Å². The maximum Gasteiger partial charge on any atom is 0.314 e. The Morgan fingerprint density at radius 1 is 1.25 bits per heavy atom. The Balaban J connectivity index is 2.20. The molecule has 0 spiro atoms. The van der Waals surface area contributed by atoms with Crippen molar-refractivity contribution in [3.63, 3.8) is 0 Å². The van der Waals surface area contributed by atoms with Crippen LogP contribution < -0.4 is 5.73 Å². The third-order valence-electron chi connectivity index (χ3n) is 4.05. The number of likely N-dealkylation sites (tertiary alicyclic amines) is 1. The number of carbonyl (C=O) groups is 2. The second-order valence-electron chi connectivity index (χ2n) is 5.37. The van der Waals surface area contributed by atoms with Gasteiger partial charge < -0.3 is 15.7 Å². The minimum Gasteiger partial charge on any atom is -0.481 e. The van der Waals surface area contributed by atoms with Gasteiger partial charge >= 0.3 is 5.97 Å². The highest BCUT2D eigenvalue weighted by Crippen LogP contribution is 2.35. The van der Waals surface area contributed by atoms with Crippen LogP contribution in [0.2, 0.25) is 0 Å². The Labute approximate surface area is 118 Å². The molecule has 108 valence electrons. The molecule has 1 saturated heterocycles. The molecule has 5 heteroatoms. The number of hydrogen-bond donors (Lipinski definition) is 2. The largest absolute Gasteiger partial charge is 0.481 e. The fraction of sp³-hybridized carbons (Fsp3) is 0.467. The molecule has 1 aliphatic heterocycles. The van der Waals surface area contributed by atoms with Gasteiger partial charge in [0.05, 0.1) is 11.5 Å². The first-order valence-corrected chi connectivity index (χ1v) is 6.81. The summed E-state index contributed by atoms with van der Waals surface area (Å²) in [5.74, 6) is -0.936. The van der Waals surface area contributed by atoms with Gasteiger partial charge in [-0.3, -0.25) is 9.59 Å². The van der Waals surface area contributed by atoms with Crippen LogP contribution in [0, 0.1) is 0 Å². The van der Waals surface area contributed by atoms with Gasteiger partial charge in [-0.2, -0.15) is 0 Å². The molecule has 0 aromatic heterocycles. The molecule has 5 nitrogen and oxygen atoms in total. The molecule has 20 heavy (non-hydrogen) atoms. The third kappa shape index (κ3) is 2.54. The molecule has 1 aromatic carbocycles. The van der Waals surface area contributed by atoms with Crippen LogP contribution in [0.3, 0.4) is 0 Å². The molecule has 3 N–H and O–H groups in total. The van der Waals surface area contributed by atoms with E-state index in [2.05, 4.69) is 0 Å². The van der Waals surface area contributed by atoms with E-state index in [4.69, 9.17) is 5.73 Å². The number of carboxylic acid groups (broad SMARTS) is 1. The minimum absolute atomic E-state index is 0.114. The van der Waals surface area contributed by atoms with Gasteiger partial charge in [0.1, 0.15) is 0 Å². The number of benzene rings is 1. The van der Waals surface area contributed by atoms with E-state index in [1.165, 1.54) is 0 Å². The number of carboxylic acids is 1. The lowest BCUT2D eigenvalue weighted by Gasteiger charge is -2.39. The average molecular weight is 276 g/mol. The zero-order chi connectivity index (χ0) is 14.8. The van der Waals surface area contributed by atoms with Crippen molar-refractivity contribution in [2.45, 2.75) is 31.2 Å². The first kappa shape index (κ1) is 14.5. The third-order valence-corrected chi connectivity index (χ3v) is 4.05. The Morgan fingerprint density at radius 2 is 1.80 bits per heavy atom. The average Bonchev–Trinajstić information content (AvgIpc) is 2.47. The molecule has 1 fully saturated rings. The van der Waals surface area contributed by atoms with E-state index in [9.17, 15) is 14.7 Å². The predicted molar refractivity (Wildman–Crippen MR) is 75.2 cm³/mol. The summed E-state index contributed by atoms with van der Waals surface area (Å²) in [5.41, 5.74) is 5.51. The first-order chi connectivity index (χ1) is 9.47. The van der Waals surface area contributed by atoms with Crippen LogP contribution in [0.4, 0.5) is 0 Å². The summed E-state index contributed by atoms with van der Waals surface area (Å²) in [4.78, 5) is 25.3. The van der Waals surface area contributed by atoms with Crippen LogP contribution in [0.5, 0.6) is 0 Å². The summed E-state index contributed by atoms with van der Waals surface area (Å²) < 4.78 is 0. The monoisotopic (exact) mass is 276 g/mol. The van der Waals surface area contributed by atoms with Crippen LogP contribution in [0.15, 0.2) is 30.3 Å². The van der Waals surface area contributed by atoms with Crippen molar-refractivity contribution in [3.05, 3.63) is 35.9 Å². The van der Waals surface area contributed by atoms with E-state index in [1.807, 2.05) is 30.3 Å². The van der Waals surface area contributed by atoms with E-state index in [-0.39, 0.29) is 5.91 Å². The number of piperidine rings is 1. The summed E-state index contributed by atoms with van der Waals surface area (Å²) in [6.45, 7) is 2.52. The van der Waals surface area contributed by atoms with Gasteiger partial charge in [0.25, 0.3) is 0 Å². The predicted octanol–water partition coefficient (Wildman–Crippen LogP) is 0.979. The molecule has 0 radical (unpaired) electrons. The normalized spacial score (nSPS) is 19.4. The lowest BCUT2D eigenvalue weighted by molar-refractivity contribution is -0.148. The maximum atomic E-state index is 11.9. The van der Waals surface area contributed by atoms with E-state index < -0.39 is 17.4 Å². The zero-order valence-electron chi connectivity index (χ0n) is 11.6. The van der Waals surface area contributed by atoms with Gasteiger partial charge in [-0.25, -0.2) is 0 Å². The summed E-state index contributed by atoms with van der Waals surface area (Å²) in [6, 6.07) is 8.71. The van der Waals surface area contributed by atoms with Crippen molar-refractivity contribution in [2.24, 2.45) is 5.73 Å². The minimum atomic E-state index is -0.893. The van der Waals surface area contributed by atoms with E-state index >= 15 is 0 Å². The van der Waals surface area contributed by atoms with Gasteiger partial charge in [-0.1, -0.05) is 30.3 Å². The molecule has 1 aliphatic rings. The van der Waals surface area contributed by atoms with Gasteiger partial charge in [0, 0.05) is 13.1 Å². The fourth-order valence-electron chi connectivity index (χ4n) is 2.78. The number of carbonyl (C=O) groups excluding carboxylic acids is 1. The molecule has 1 atom stereocenters. The lowest BCUT2D eigenvalue weighted by Crippen LogP contribution is -2.52. The lowest BCUT2D eigenvalue weighted by atomic mass is 9.73. The van der Waals surface area contributed by atoms with E-state index in [0.717, 1.165) is 5.56 Å². The number of nitrogens with two attached hydrogens (primary N) is 1. The van der Waals surface area contributed by atoms with E-state index in [1.54, 1.807) is 11.8 Å². The quantitative estimate of drug-likeness (QED) is 0.862. The molecular formula is C15H20N2O3. The van der Waals surface area contributed by atoms with E-state index in [0.29, 0.717) is 25.9 Å². The number of amides is 1. The summed E-state index contributed by atoms with van der Waals surface area (Å²) in [7, 11) is 0. The Kier molecular flexibility index (Phi) is 4.09. The number of hydrogen-bond acceptors (Lipinski definition) is 3. The van der Waals surface area contributed by atoms with Crippen molar-refractivity contribution in [3.8, 4) is 0 Å². The fourth-order valence-corrected chi connectivity index (χ4v) is 2.78. The summed E-state index contributed by atoms with van der Waals surface area (Å²) in [5, 5.41) is 9.65. The zero-order valence-corrected chi connectivity index (χ0v) is 11.6. The molecule has 2 rings (SSSR count). The highest BCUT2D eigenvalue weighted by atomic mass is 16.4. The SMILES string of the molecule is CC(N)C(=O)N1CCC(C(=O)O)(c2ccccc2)CC1.